The third-order valence-corrected chi connectivity index (χ3v) is 17.1. The van der Waals surface area contributed by atoms with E-state index in [1.54, 1.807) is 12.1 Å². The predicted molar refractivity (Wildman–Crippen MR) is 360 cm³/mol. The molecule has 0 radical (unpaired) electrons. The molecule has 0 aliphatic carbocycles. The quantitative estimate of drug-likeness (QED) is 0.129. The molecule has 0 fully saturated rings. The van der Waals surface area contributed by atoms with E-state index in [1.807, 2.05) is 122 Å². The van der Waals surface area contributed by atoms with E-state index in [4.69, 9.17) is 19.9 Å². The Morgan fingerprint density at radius 3 is 0.844 bits per heavy atom. The summed E-state index contributed by atoms with van der Waals surface area (Å²) in [5.74, 6) is -1.48. The monoisotopic (exact) mass is 1160 g/mol. The molecule has 16 aromatic rings. The zero-order chi connectivity index (χ0) is 60.2. The highest BCUT2D eigenvalue weighted by Crippen LogP contribution is 2.46. The van der Waals surface area contributed by atoms with Gasteiger partial charge in [-0.2, -0.15) is 5.26 Å². The molecule has 0 saturated heterocycles. The van der Waals surface area contributed by atoms with Gasteiger partial charge in [0.25, 0.3) is 0 Å². The highest BCUT2D eigenvalue weighted by molar-refractivity contribution is 6.14. The molecule has 0 unspecified atom stereocenters. The molecular weight excluding hydrogens is 1110 g/mol. The van der Waals surface area contributed by atoms with Crippen molar-refractivity contribution >= 4 is 43.6 Å². The Balaban J connectivity index is 0.990. The zero-order valence-electron chi connectivity index (χ0n) is 48.2. The molecule has 422 valence electrons. The molecule has 0 aliphatic heterocycles. The minimum atomic E-state index is -0.739. The number of halogens is 2. The van der Waals surface area contributed by atoms with Crippen molar-refractivity contribution in [1.82, 2.24) is 29.1 Å². The average molecular weight is 1160 g/mol. The van der Waals surface area contributed by atoms with E-state index in [1.165, 1.54) is 18.2 Å². The smallest absolute Gasteiger partial charge is 0.133 e. The number of aromatic nitrogens is 6. The molecule has 7 nitrogen and oxygen atoms in total. The lowest BCUT2D eigenvalue weighted by atomic mass is 9.96. The second-order valence-corrected chi connectivity index (χ2v) is 22.3. The Kier molecular flexibility index (Phi) is 13.2. The molecule has 90 heavy (non-hydrogen) atoms. The minimum Gasteiger partial charge on any atom is -0.308 e. The number of benzene rings is 10. The van der Waals surface area contributed by atoms with Gasteiger partial charge >= 0.3 is 0 Å². The van der Waals surface area contributed by atoms with Crippen LogP contribution in [0.5, 0.6) is 0 Å². The summed E-state index contributed by atoms with van der Waals surface area (Å²) in [5, 5.41) is 15.7. The van der Waals surface area contributed by atoms with Crippen LogP contribution in [0.15, 0.2) is 298 Å². The summed E-state index contributed by atoms with van der Waals surface area (Å²) >= 11 is 0. The summed E-state index contributed by atoms with van der Waals surface area (Å²) in [6, 6.07) is 92.3. The second-order valence-electron chi connectivity index (χ2n) is 22.3. The van der Waals surface area contributed by atoms with Crippen molar-refractivity contribution < 1.29 is 8.78 Å². The van der Waals surface area contributed by atoms with E-state index in [9.17, 15) is 5.26 Å². The first kappa shape index (κ1) is 53.2. The highest BCUT2D eigenvalue weighted by atomic mass is 19.1. The van der Waals surface area contributed by atoms with Crippen molar-refractivity contribution in [3.63, 3.8) is 0 Å². The third-order valence-electron chi connectivity index (χ3n) is 17.1. The topological polar surface area (TPSA) is 85.2 Å². The predicted octanol–water partition coefficient (Wildman–Crippen LogP) is 20.6. The molecule has 6 heterocycles. The van der Waals surface area contributed by atoms with Gasteiger partial charge in [0.15, 0.2) is 0 Å². The van der Waals surface area contributed by atoms with Crippen LogP contribution in [-0.4, -0.2) is 29.1 Å². The van der Waals surface area contributed by atoms with Crippen LogP contribution in [0.1, 0.15) is 5.56 Å². The van der Waals surface area contributed by atoms with E-state index in [0.29, 0.717) is 11.4 Å². The van der Waals surface area contributed by atoms with Crippen molar-refractivity contribution in [1.29, 1.82) is 5.26 Å². The van der Waals surface area contributed by atoms with Gasteiger partial charge in [0, 0.05) is 90.8 Å². The molecule has 0 N–H and O–H groups in total. The zero-order valence-corrected chi connectivity index (χ0v) is 48.2. The van der Waals surface area contributed by atoms with Crippen LogP contribution in [0.2, 0.25) is 0 Å². The number of hydrogen-bond acceptors (Lipinski definition) is 5. The summed E-state index contributed by atoms with van der Waals surface area (Å²) in [6.45, 7) is 0. The van der Waals surface area contributed by atoms with Gasteiger partial charge in [0.2, 0.25) is 0 Å². The fourth-order valence-electron chi connectivity index (χ4n) is 13.1. The molecule has 10 aromatic carbocycles. The summed E-state index contributed by atoms with van der Waals surface area (Å²) in [6.07, 6.45) is 7.25. The maximum Gasteiger partial charge on any atom is 0.133 e. The Morgan fingerprint density at radius 1 is 0.278 bits per heavy atom. The fraction of sp³-hybridized carbons (Fsp3) is 0. The number of pyridine rings is 4. The van der Waals surface area contributed by atoms with Crippen LogP contribution in [0.25, 0.3) is 156 Å². The fourth-order valence-corrected chi connectivity index (χ4v) is 13.1. The van der Waals surface area contributed by atoms with Gasteiger partial charge in [-0.15, -0.1) is 0 Å². The maximum absolute atomic E-state index is 16.8. The largest absolute Gasteiger partial charge is 0.308 e. The maximum atomic E-state index is 16.8. The lowest BCUT2D eigenvalue weighted by molar-refractivity contribution is 0.589. The Morgan fingerprint density at radius 2 is 0.567 bits per heavy atom. The van der Waals surface area contributed by atoms with E-state index in [-0.39, 0.29) is 16.7 Å². The van der Waals surface area contributed by atoms with Gasteiger partial charge in [-0.3, -0.25) is 19.9 Å². The molecule has 9 heteroatoms. The van der Waals surface area contributed by atoms with Crippen molar-refractivity contribution in [2.24, 2.45) is 0 Å². The number of hydrogen-bond donors (Lipinski definition) is 0. The molecule has 0 amide bonds. The second kappa shape index (κ2) is 22.2. The standard InChI is InChI=1S/C81H49F2N7/c82-69-30-13-31-70(83)77(69)59-48-75(89-71-36-32-55(60-26-14-40-85-78(60)51-18-5-1-6-19-51)44-64(71)65-45-56(33-37-72(65)89)61-27-15-41-86-79(61)52-20-7-2-8-21-52)68(50-84)76(49-59)90-73-38-34-57(62-28-16-42-87-80(62)53-22-9-3-10-23-53)46-66(73)67-47-58(35-39-74(67)90)63-29-17-43-88-81(63)54-24-11-4-12-25-54/h1-49H. The van der Waals surface area contributed by atoms with Crippen LogP contribution >= 0.6 is 0 Å². The molecule has 0 atom stereocenters. The number of nitrogens with zero attached hydrogens (tertiary/aromatic N) is 7. The van der Waals surface area contributed by atoms with E-state index in [0.717, 1.165) is 133 Å². The molecule has 16 rings (SSSR count). The van der Waals surface area contributed by atoms with Crippen molar-refractivity contribution in [2.75, 3.05) is 0 Å². The Labute approximate surface area is 517 Å². The number of nitriles is 1. The van der Waals surface area contributed by atoms with E-state index < -0.39 is 11.6 Å². The first-order valence-electron chi connectivity index (χ1n) is 29.7. The number of fused-ring (bicyclic) bond motifs is 6. The molecule has 0 saturated carbocycles. The van der Waals surface area contributed by atoms with E-state index in [2.05, 4.69) is 161 Å². The van der Waals surface area contributed by atoms with Crippen molar-refractivity contribution in [3.8, 4) is 118 Å². The van der Waals surface area contributed by atoms with Gasteiger partial charge in [-0.25, -0.2) is 8.78 Å². The molecule has 0 spiro atoms. The minimum absolute atomic E-state index is 0.217. The van der Waals surface area contributed by atoms with Gasteiger partial charge < -0.3 is 9.13 Å². The van der Waals surface area contributed by atoms with Crippen LogP contribution in [-0.2, 0) is 0 Å². The lowest BCUT2D eigenvalue weighted by Crippen LogP contribution is -2.06. The average Bonchev–Trinajstić information content (AvgIpc) is 1.61. The van der Waals surface area contributed by atoms with Crippen molar-refractivity contribution in [2.45, 2.75) is 0 Å². The Bertz CT molecular complexity index is 4910. The van der Waals surface area contributed by atoms with E-state index >= 15 is 8.78 Å². The lowest BCUT2D eigenvalue weighted by Gasteiger charge is -2.19. The summed E-state index contributed by atoms with van der Waals surface area (Å²) in [5.41, 5.74) is 19.0. The third kappa shape index (κ3) is 9.09. The summed E-state index contributed by atoms with van der Waals surface area (Å²) < 4.78 is 37.7. The highest BCUT2D eigenvalue weighted by Gasteiger charge is 2.27. The van der Waals surface area contributed by atoms with Gasteiger partial charge in [0.1, 0.15) is 23.3 Å². The van der Waals surface area contributed by atoms with Gasteiger partial charge in [0.05, 0.1) is 61.8 Å². The number of rotatable bonds is 11. The van der Waals surface area contributed by atoms with Crippen LogP contribution in [0.3, 0.4) is 0 Å². The molecule has 0 aliphatic rings. The molecule has 0 bridgehead atoms. The molecular formula is C81H49F2N7. The van der Waals surface area contributed by atoms with Crippen molar-refractivity contribution in [3.05, 3.63) is 315 Å². The summed E-state index contributed by atoms with van der Waals surface area (Å²) in [4.78, 5) is 19.7. The van der Waals surface area contributed by atoms with Crippen LogP contribution in [0.4, 0.5) is 8.78 Å². The molecule has 6 aromatic heterocycles. The van der Waals surface area contributed by atoms with Gasteiger partial charge in [-0.1, -0.05) is 176 Å². The van der Waals surface area contributed by atoms with Crippen LogP contribution in [0, 0.1) is 23.0 Å². The van der Waals surface area contributed by atoms with Crippen LogP contribution < -0.4 is 0 Å². The normalized spacial score (nSPS) is 11.4. The SMILES string of the molecule is N#Cc1c(-n2c3ccc(-c4cccnc4-c4ccccc4)cc3c3cc(-c4cccnc4-c4ccccc4)ccc32)cc(-c2c(F)cccc2F)cc1-n1c2ccc(-c3cccnc3-c3ccccc3)cc2c2cc(-c3cccnc3-c3ccccc3)ccc21. The first-order valence-corrected chi connectivity index (χ1v) is 29.7. The Hall–Kier alpha value is -12.3. The summed E-state index contributed by atoms with van der Waals surface area (Å²) in [7, 11) is 0. The first-order chi connectivity index (χ1) is 44.5. The van der Waals surface area contributed by atoms with Gasteiger partial charge in [-0.05, 0) is 125 Å².